The molecule has 4 rings (SSSR count). The number of aliphatic hydroxyl groups is 1. The van der Waals surface area contributed by atoms with Gasteiger partial charge in [-0.15, -0.1) is 10.2 Å². The first-order chi connectivity index (χ1) is 11.2. The predicted molar refractivity (Wildman–Crippen MR) is 84.0 cm³/mol. The lowest BCUT2D eigenvalue weighted by Crippen LogP contribution is -2.31. The van der Waals surface area contributed by atoms with Gasteiger partial charge in [-0.05, 0) is 18.4 Å². The average molecular weight is 327 g/mol. The summed E-state index contributed by atoms with van der Waals surface area (Å²) in [5.74, 6) is -1.29. The molecule has 0 bridgehead atoms. The Labute approximate surface area is 136 Å². The number of benzene rings is 1. The highest BCUT2D eigenvalue weighted by Crippen LogP contribution is 2.45. The van der Waals surface area contributed by atoms with Gasteiger partial charge in [-0.2, -0.15) is 0 Å². The van der Waals surface area contributed by atoms with Crippen LogP contribution in [-0.2, 0) is 9.59 Å². The minimum atomic E-state index is -0.648. The number of carbonyl (C=O) groups is 2. The van der Waals surface area contributed by atoms with Crippen molar-refractivity contribution in [3.63, 3.8) is 0 Å². The van der Waals surface area contributed by atoms with Crippen LogP contribution in [0.1, 0.15) is 24.4 Å². The second-order valence-electron chi connectivity index (χ2n) is 5.61. The fourth-order valence-electron chi connectivity index (χ4n) is 2.84. The van der Waals surface area contributed by atoms with Crippen LogP contribution in [0.15, 0.2) is 47.2 Å². The number of carbonyl (C=O) groups excluding carboxylic acids is 2. The van der Waals surface area contributed by atoms with E-state index in [1.165, 1.54) is 21.7 Å². The maximum absolute atomic E-state index is 12.6. The molecule has 1 atom stereocenters. The minimum Gasteiger partial charge on any atom is -0.503 e. The highest BCUT2D eigenvalue weighted by molar-refractivity contribution is 7.13. The van der Waals surface area contributed by atoms with E-state index in [1.807, 2.05) is 30.3 Å². The third-order valence-electron chi connectivity index (χ3n) is 4.09. The summed E-state index contributed by atoms with van der Waals surface area (Å²) in [4.78, 5) is 26.5. The Morgan fingerprint density at radius 1 is 1.26 bits per heavy atom. The first-order valence-electron chi connectivity index (χ1n) is 7.30. The zero-order valence-corrected chi connectivity index (χ0v) is 12.9. The summed E-state index contributed by atoms with van der Waals surface area (Å²) in [6, 6.07) is 8.57. The summed E-state index contributed by atoms with van der Waals surface area (Å²) < 4.78 is 0. The van der Waals surface area contributed by atoms with E-state index >= 15 is 0 Å². The summed E-state index contributed by atoms with van der Waals surface area (Å²) in [6.45, 7) is 0. The van der Waals surface area contributed by atoms with Gasteiger partial charge in [0.05, 0.1) is 11.6 Å². The van der Waals surface area contributed by atoms with Crippen LogP contribution in [0.4, 0.5) is 5.13 Å². The number of rotatable bonds is 4. The van der Waals surface area contributed by atoms with Gasteiger partial charge in [-0.1, -0.05) is 41.7 Å². The number of aliphatic hydroxyl groups excluding tert-OH is 1. The minimum absolute atomic E-state index is 0.0828. The summed E-state index contributed by atoms with van der Waals surface area (Å²) in [5.41, 5.74) is 2.46. The Bertz CT molecular complexity index is 797. The van der Waals surface area contributed by atoms with Crippen molar-refractivity contribution in [1.29, 1.82) is 0 Å². The van der Waals surface area contributed by atoms with Gasteiger partial charge < -0.3 is 5.11 Å². The lowest BCUT2D eigenvalue weighted by atomic mass is 9.94. The van der Waals surface area contributed by atoms with Gasteiger partial charge in [0.25, 0.3) is 5.91 Å². The van der Waals surface area contributed by atoms with Crippen molar-refractivity contribution in [3.8, 4) is 0 Å². The molecule has 1 N–H and O–H groups in total. The summed E-state index contributed by atoms with van der Waals surface area (Å²) in [6.07, 6.45) is 1.62. The molecule has 0 saturated heterocycles. The third-order valence-corrected chi connectivity index (χ3v) is 4.78. The molecule has 6 nitrogen and oxygen atoms in total. The number of Topliss-reactive ketones (excluding diaryl/α,β-unsaturated/α-hetero) is 1. The Hall–Kier alpha value is -2.54. The molecule has 1 amide bonds. The van der Waals surface area contributed by atoms with Crippen molar-refractivity contribution in [1.82, 2.24) is 10.2 Å². The Morgan fingerprint density at radius 2 is 2.00 bits per heavy atom. The molecule has 1 aromatic carbocycles. The molecule has 1 aromatic heterocycles. The molecule has 2 aromatic rings. The van der Waals surface area contributed by atoms with Crippen LogP contribution in [0.5, 0.6) is 0 Å². The zero-order valence-electron chi connectivity index (χ0n) is 12.0. The van der Waals surface area contributed by atoms with Crippen LogP contribution < -0.4 is 4.90 Å². The van der Waals surface area contributed by atoms with Crippen molar-refractivity contribution in [2.45, 2.75) is 18.9 Å². The van der Waals surface area contributed by atoms with Crippen LogP contribution >= 0.6 is 11.3 Å². The molecular formula is C16H13N3O3S. The number of anilines is 1. The molecule has 0 radical (unpaired) electrons. The van der Waals surface area contributed by atoms with Gasteiger partial charge >= 0.3 is 0 Å². The standard InChI is InChI=1S/C16H13N3O3S/c20-13(10-6-7-10)11-12(9-4-2-1-3-5-9)19(15(22)14(11)21)16-18-17-8-23-16/h1-5,8,10,12,21H,6-7H2. The second-order valence-corrected chi connectivity index (χ2v) is 6.42. The number of amides is 1. The molecule has 1 aliphatic carbocycles. The van der Waals surface area contributed by atoms with E-state index in [-0.39, 0.29) is 17.3 Å². The van der Waals surface area contributed by atoms with E-state index in [4.69, 9.17) is 0 Å². The Kier molecular flexibility index (Phi) is 3.23. The largest absolute Gasteiger partial charge is 0.503 e. The number of ketones is 1. The molecule has 116 valence electrons. The Morgan fingerprint density at radius 3 is 2.61 bits per heavy atom. The highest BCUT2D eigenvalue weighted by Gasteiger charge is 2.48. The summed E-state index contributed by atoms with van der Waals surface area (Å²) in [7, 11) is 0. The topological polar surface area (TPSA) is 83.4 Å². The molecule has 1 saturated carbocycles. The molecular weight excluding hydrogens is 314 g/mol. The molecule has 1 unspecified atom stereocenters. The van der Waals surface area contributed by atoms with Gasteiger partial charge in [0, 0.05) is 5.92 Å². The number of aromatic nitrogens is 2. The van der Waals surface area contributed by atoms with Gasteiger partial charge in [0.15, 0.2) is 11.5 Å². The van der Waals surface area contributed by atoms with Crippen LogP contribution in [-0.4, -0.2) is 27.0 Å². The van der Waals surface area contributed by atoms with Crippen LogP contribution in [0.25, 0.3) is 0 Å². The van der Waals surface area contributed by atoms with Gasteiger partial charge in [0.2, 0.25) is 5.13 Å². The van der Waals surface area contributed by atoms with E-state index < -0.39 is 17.7 Å². The second kappa shape index (κ2) is 5.27. The SMILES string of the molecule is O=C(C1=C(O)C(=O)N(c2nncs2)C1c1ccccc1)C1CC1. The van der Waals surface area contributed by atoms with Crippen molar-refractivity contribution >= 4 is 28.2 Å². The van der Waals surface area contributed by atoms with Gasteiger partial charge in [-0.3, -0.25) is 14.5 Å². The lowest BCUT2D eigenvalue weighted by Gasteiger charge is -2.24. The normalized spacial score (nSPS) is 21.1. The first kappa shape index (κ1) is 14.1. The molecule has 1 aliphatic heterocycles. The van der Waals surface area contributed by atoms with Crippen molar-refractivity contribution in [2.24, 2.45) is 5.92 Å². The molecule has 23 heavy (non-hydrogen) atoms. The molecule has 2 heterocycles. The number of nitrogens with zero attached hydrogens (tertiary/aromatic N) is 3. The van der Waals surface area contributed by atoms with Gasteiger partial charge in [0.1, 0.15) is 5.51 Å². The number of hydrogen-bond donors (Lipinski definition) is 1. The number of hydrogen-bond acceptors (Lipinski definition) is 6. The van der Waals surface area contributed by atoms with E-state index in [0.29, 0.717) is 5.13 Å². The quantitative estimate of drug-likeness (QED) is 0.932. The molecule has 7 heteroatoms. The lowest BCUT2D eigenvalue weighted by molar-refractivity contribution is -0.118. The molecule has 0 spiro atoms. The maximum atomic E-state index is 12.6. The monoisotopic (exact) mass is 327 g/mol. The van der Waals surface area contributed by atoms with Crippen molar-refractivity contribution in [3.05, 3.63) is 52.7 Å². The van der Waals surface area contributed by atoms with Crippen LogP contribution in [0, 0.1) is 5.92 Å². The predicted octanol–water partition coefficient (Wildman–Crippen LogP) is 2.42. The fourth-order valence-corrected chi connectivity index (χ4v) is 3.43. The molecule has 1 fully saturated rings. The van der Waals surface area contributed by atoms with E-state index in [9.17, 15) is 14.7 Å². The van der Waals surface area contributed by atoms with Crippen LogP contribution in [0.3, 0.4) is 0 Å². The van der Waals surface area contributed by atoms with Gasteiger partial charge in [-0.25, -0.2) is 0 Å². The van der Waals surface area contributed by atoms with Crippen molar-refractivity contribution in [2.75, 3.05) is 4.90 Å². The van der Waals surface area contributed by atoms with Crippen molar-refractivity contribution < 1.29 is 14.7 Å². The third kappa shape index (κ3) is 2.24. The summed E-state index contributed by atoms with van der Waals surface area (Å²) in [5, 5.41) is 18.4. The Balaban J connectivity index is 1.85. The van der Waals surface area contributed by atoms with E-state index in [1.54, 1.807) is 0 Å². The van der Waals surface area contributed by atoms with E-state index in [2.05, 4.69) is 10.2 Å². The van der Waals surface area contributed by atoms with E-state index in [0.717, 1.165) is 18.4 Å². The highest BCUT2D eigenvalue weighted by atomic mass is 32.1. The average Bonchev–Trinajstić information content (AvgIpc) is 3.23. The fraction of sp³-hybridized carbons (Fsp3) is 0.250. The smallest absolute Gasteiger partial charge is 0.296 e. The maximum Gasteiger partial charge on any atom is 0.296 e. The first-order valence-corrected chi connectivity index (χ1v) is 8.18. The zero-order chi connectivity index (χ0) is 16.0. The molecule has 2 aliphatic rings. The van der Waals surface area contributed by atoms with Crippen LogP contribution in [0.2, 0.25) is 0 Å². The summed E-state index contributed by atoms with van der Waals surface area (Å²) >= 11 is 1.20.